The van der Waals surface area contributed by atoms with E-state index in [0.29, 0.717) is 36.7 Å². The van der Waals surface area contributed by atoms with Gasteiger partial charge in [-0.3, -0.25) is 9.59 Å². The van der Waals surface area contributed by atoms with Crippen LogP contribution in [0.25, 0.3) is 0 Å². The van der Waals surface area contributed by atoms with Crippen molar-refractivity contribution in [2.24, 2.45) is 17.8 Å². The number of amides is 2. The number of likely N-dealkylation sites (tertiary alicyclic amines) is 1. The Balaban J connectivity index is 1.17. The van der Waals surface area contributed by atoms with Crippen LogP contribution in [0.15, 0.2) is 42.5 Å². The lowest BCUT2D eigenvalue weighted by molar-refractivity contribution is -0.311. The molecule has 0 bridgehead atoms. The zero-order valence-corrected chi connectivity index (χ0v) is 21.3. The summed E-state index contributed by atoms with van der Waals surface area (Å²) in [6, 6.07) is 9.59. The topological polar surface area (TPSA) is 78.9 Å². The van der Waals surface area contributed by atoms with E-state index >= 15 is 4.39 Å². The number of rotatable bonds is 6. The molecule has 1 heterocycles. The van der Waals surface area contributed by atoms with Crippen LogP contribution in [0.2, 0.25) is 5.02 Å². The number of alkyl halides is 4. The summed E-state index contributed by atoms with van der Waals surface area (Å²) >= 11 is 6.16. The van der Waals surface area contributed by atoms with Gasteiger partial charge in [-0.25, -0.2) is 4.39 Å². The molecule has 2 aromatic rings. The lowest BCUT2D eigenvalue weighted by Gasteiger charge is -2.52. The summed E-state index contributed by atoms with van der Waals surface area (Å²) in [7, 11) is 1.52. The maximum Gasteiger partial charge on any atom is 0.430 e. The van der Waals surface area contributed by atoms with Crippen LogP contribution in [0.5, 0.6) is 5.75 Å². The summed E-state index contributed by atoms with van der Waals surface area (Å²) in [5, 5.41) is 13.7. The molecule has 0 aromatic heterocycles. The molecule has 3 aliphatic rings. The van der Waals surface area contributed by atoms with Crippen molar-refractivity contribution in [3.8, 4) is 5.75 Å². The van der Waals surface area contributed by atoms with Crippen LogP contribution in [-0.4, -0.2) is 54.7 Å². The molecule has 0 radical (unpaired) electrons. The number of piperidine rings is 1. The second-order valence-corrected chi connectivity index (χ2v) is 10.6. The van der Waals surface area contributed by atoms with E-state index in [1.165, 1.54) is 19.2 Å². The number of fused-ring (bicyclic) bond motifs is 1. The van der Waals surface area contributed by atoms with E-state index in [0.717, 1.165) is 23.5 Å². The fourth-order valence-electron chi connectivity index (χ4n) is 5.94. The van der Waals surface area contributed by atoms with Crippen LogP contribution in [0.3, 0.4) is 0 Å². The number of hydrogen-bond donors (Lipinski definition) is 2. The average Bonchev–Trinajstić information content (AvgIpc) is 3.69. The van der Waals surface area contributed by atoms with Crippen LogP contribution in [0, 0.1) is 17.8 Å². The summed E-state index contributed by atoms with van der Waals surface area (Å²) in [5.41, 5.74) is -8.15. The second kappa shape index (κ2) is 9.41. The van der Waals surface area contributed by atoms with Crippen molar-refractivity contribution in [3.05, 3.63) is 64.2 Å². The Hall–Kier alpha value is -2.85. The molecular formula is C27H27ClF4N2O4. The molecule has 204 valence electrons. The van der Waals surface area contributed by atoms with E-state index in [1.54, 1.807) is 18.2 Å². The van der Waals surface area contributed by atoms with Crippen molar-refractivity contribution in [2.45, 2.75) is 36.7 Å². The van der Waals surface area contributed by atoms with Crippen LogP contribution in [0.4, 0.5) is 17.6 Å². The largest absolute Gasteiger partial charge is 0.493 e. The SMILES string of the molecule is CNC(=O)c1ccc(OC[C@H]2C[C@@H]2C2CCN(C(=O)[C@]3(O)c4ccccc4C3(F)C(F)(F)F)CC2)cc1Cl. The van der Waals surface area contributed by atoms with Gasteiger partial charge in [0, 0.05) is 31.3 Å². The second-order valence-electron chi connectivity index (χ2n) is 10.2. The average molecular weight is 555 g/mol. The van der Waals surface area contributed by atoms with Crippen LogP contribution in [-0.2, 0) is 16.1 Å². The third-order valence-corrected chi connectivity index (χ3v) is 8.49. The van der Waals surface area contributed by atoms with Crippen molar-refractivity contribution >= 4 is 23.4 Å². The number of carbonyl (C=O) groups excluding carboxylic acids is 2. The monoisotopic (exact) mass is 554 g/mol. The molecule has 0 spiro atoms. The van der Waals surface area contributed by atoms with Crippen molar-refractivity contribution in [1.82, 2.24) is 10.2 Å². The lowest BCUT2D eigenvalue weighted by Crippen LogP contribution is -2.70. The Labute approximate surface area is 221 Å². The molecule has 4 atom stereocenters. The van der Waals surface area contributed by atoms with Crippen molar-refractivity contribution < 1.29 is 37.0 Å². The highest BCUT2D eigenvalue weighted by atomic mass is 35.5. The number of ether oxygens (including phenoxy) is 1. The van der Waals surface area contributed by atoms with Gasteiger partial charge in [0.2, 0.25) is 5.60 Å². The highest BCUT2D eigenvalue weighted by molar-refractivity contribution is 6.34. The summed E-state index contributed by atoms with van der Waals surface area (Å²) in [4.78, 5) is 26.1. The normalized spacial score (nSPS) is 28.8. The first kappa shape index (κ1) is 26.7. The van der Waals surface area contributed by atoms with Crippen LogP contribution in [0.1, 0.15) is 40.7 Å². The predicted molar refractivity (Wildman–Crippen MR) is 130 cm³/mol. The molecule has 2 aromatic carbocycles. The highest BCUT2D eigenvalue weighted by Gasteiger charge is 2.80. The number of benzene rings is 2. The zero-order chi connectivity index (χ0) is 27.5. The molecule has 11 heteroatoms. The van der Waals surface area contributed by atoms with E-state index < -0.39 is 28.9 Å². The first-order valence-corrected chi connectivity index (χ1v) is 12.8. The van der Waals surface area contributed by atoms with E-state index in [1.807, 2.05) is 0 Å². The van der Waals surface area contributed by atoms with Gasteiger partial charge in [0.25, 0.3) is 17.5 Å². The molecular weight excluding hydrogens is 528 g/mol. The van der Waals surface area contributed by atoms with E-state index in [-0.39, 0.29) is 41.4 Å². The molecule has 2 aliphatic carbocycles. The van der Waals surface area contributed by atoms with E-state index in [9.17, 15) is 27.9 Å². The molecule has 5 rings (SSSR count). The number of hydrogen-bond acceptors (Lipinski definition) is 4. The Morgan fingerprint density at radius 2 is 1.82 bits per heavy atom. The standard InChI is InChI=1S/C27H27ClF4N2O4/c1-33-23(35)18-7-6-17(13-22(18)28)38-14-16-12-19(16)15-8-10-34(11-9-15)24(36)25(37)20-4-2-3-5-21(20)26(25,29)27(30,31)32/h2-7,13,15-16,19,37H,8-12,14H2,1H3,(H,33,35)/t16-,19-,25-,26?/m1/s1. The molecule has 2 amide bonds. The van der Waals surface area contributed by atoms with Gasteiger partial charge >= 0.3 is 6.18 Å². The minimum atomic E-state index is -5.45. The summed E-state index contributed by atoms with van der Waals surface area (Å²) < 4.78 is 62.5. The molecule has 6 nitrogen and oxygen atoms in total. The van der Waals surface area contributed by atoms with Crippen LogP contribution >= 0.6 is 11.6 Å². The first-order chi connectivity index (χ1) is 17.9. The third-order valence-electron chi connectivity index (χ3n) is 8.17. The highest BCUT2D eigenvalue weighted by Crippen LogP contribution is 2.63. The molecule has 1 unspecified atom stereocenters. The molecule has 2 N–H and O–H groups in total. The van der Waals surface area contributed by atoms with Gasteiger partial charge in [-0.15, -0.1) is 0 Å². The smallest absolute Gasteiger partial charge is 0.430 e. The Bertz CT molecular complexity index is 1270. The van der Waals surface area contributed by atoms with E-state index in [2.05, 4.69) is 5.32 Å². The Morgan fingerprint density at radius 3 is 2.42 bits per heavy atom. The maximum absolute atomic E-state index is 15.4. The summed E-state index contributed by atoms with van der Waals surface area (Å²) in [6.45, 7) is 0.733. The number of carbonyl (C=O) groups is 2. The van der Waals surface area contributed by atoms with Gasteiger partial charge in [0.15, 0.2) is 0 Å². The number of nitrogens with zero attached hydrogens (tertiary/aromatic N) is 1. The minimum Gasteiger partial charge on any atom is -0.493 e. The predicted octanol–water partition coefficient (Wildman–Crippen LogP) is 4.58. The minimum absolute atomic E-state index is 0.141. The molecule has 38 heavy (non-hydrogen) atoms. The quantitative estimate of drug-likeness (QED) is 0.512. The fourth-order valence-corrected chi connectivity index (χ4v) is 6.20. The molecule has 1 saturated carbocycles. The van der Waals surface area contributed by atoms with Gasteiger partial charge in [-0.1, -0.05) is 35.9 Å². The van der Waals surface area contributed by atoms with Crippen molar-refractivity contribution in [1.29, 1.82) is 0 Å². The molecule has 1 aliphatic heterocycles. The number of halogens is 5. The number of nitrogens with one attached hydrogen (secondary N) is 1. The van der Waals surface area contributed by atoms with Crippen molar-refractivity contribution in [2.75, 3.05) is 26.7 Å². The van der Waals surface area contributed by atoms with Gasteiger partial charge in [-0.2, -0.15) is 13.2 Å². The fraction of sp³-hybridized carbons (Fsp3) is 0.481. The molecule has 2 fully saturated rings. The van der Waals surface area contributed by atoms with Gasteiger partial charge in [-0.05, 0) is 55.2 Å². The van der Waals surface area contributed by atoms with E-state index in [4.69, 9.17) is 16.3 Å². The number of aliphatic hydroxyl groups is 1. The van der Waals surface area contributed by atoms with Gasteiger partial charge in [0.05, 0.1) is 17.2 Å². The maximum atomic E-state index is 15.4. The van der Waals surface area contributed by atoms with Gasteiger partial charge in [0.1, 0.15) is 5.75 Å². The lowest BCUT2D eigenvalue weighted by atomic mass is 9.60. The summed E-state index contributed by atoms with van der Waals surface area (Å²) in [5.74, 6) is -0.128. The Morgan fingerprint density at radius 1 is 1.16 bits per heavy atom. The van der Waals surface area contributed by atoms with Crippen molar-refractivity contribution in [3.63, 3.8) is 0 Å². The Kier molecular flexibility index (Phi) is 6.62. The zero-order valence-electron chi connectivity index (χ0n) is 20.5. The molecule has 1 saturated heterocycles. The summed E-state index contributed by atoms with van der Waals surface area (Å²) in [6.07, 6.45) is -3.44. The van der Waals surface area contributed by atoms with Crippen LogP contribution < -0.4 is 10.1 Å². The third kappa shape index (κ3) is 4.04. The van der Waals surface area contributed by atoms with Gasteiger partial charge < -0.3 is 20.1 Å². The first-order valence-electron chi connectivity index (χ1n) is 12.4.